The molecule has 0 aromatic heterocycles. The molecular formula is C17H26N2O2S. The molecule has 22 heavy (non-hydrogen) atoms. The maximum Gasteiger partial charge on any atom is 0.222 e. The molecule has 0 unspecified atom stereocenters. The van der Waals surface area contributed by atoms with Crippen LogP contribution in [-0.2, 0) is 16.1 Å². The van der Waals surface area contributed by atoms with Crippen molar-refractivity contribution < 1.29 is 9.53 Å². The van der Waals surface area contributed by atoms with Crippen LogP contribution in [0.4, 0.5) is 0 Å². The molecule has 1 aliphatic rings. The van der Waals surface area contributed by atoms with Gasteiger partial charge in [-0.2, -0.15) is 11.8 Å². The average Bonchev–Trinajstić information content (AvgIpc) is 2.48. The molecule has 5 heteroatoms. The fourth-order valence-electron chi connectivity index (χ4n) is 2.72. The third kappa shape index (κ3) is 5.99. The van der Waals surface area contributed by atoms with Crippen LogP contribution in [0, 0.1) is 0 Å². The molecule has 1 N–H and O–H groups in total. The summed E-state index contributed by atoms with van der Waals surface area (Å²) in [6, 6.07) is 10.7. The van der Waals surface area contributed by atoms with Crippen molar-refractivity contribution in [2.45, 2.75) is 32.0 Å². The van der Waals surface area contributed by atoms with Crippen molar-refractivity contribution in [1.29, 1.82) is 0 Å². The van der Waals surface area contributed by atoms with Gasteiger partial charge in [0.25, 0.3) is 0 Å². The summed E-state index contributed by atoms with van der Waals surface area (Å²) in [4.78, 5) is 14.4. The molecule has 1 aliphatic heterocycles. The first-order valence-corrected chi connectivity index (χ1v) is 9.23. The lowest BCUT2D eigenvalue weighted by Gasteiger charge is -2.32. The molecule has 0 radical (unpaired) electrons. The summed E-state index contributed by atoms with van der Waals surface area (Å²) in [5.74, 6) is 1.03. The van der Waals surface area contributed by atoms with Gasteiger partial charge in [-0.05, 0) is 18.7 Å². The minimum absolute atomic E-state index is 0.000980. The predicted molar refractivity (Wildman–Crippen MR) is 92.1 cm³/mol. The summed E-state index contributed by atoms with van der Waals surface area (Å²) < 4.78 is 5.75. The zero-order chi connectivity index (χ0) is 15.8. The van der Waals surface area contributed by atoms with Gasteiger partial charge in [0, 0.05) is 31.4 Å². The van der Waals surface area contributed by atoms with Crippen LogP contribution in [-0.4, -0.2) is 54.7 Å². The molecule has 122 valence electrons. The molecule has 0 bridgehead atoms. The van der Waals surface area contributed by atoms with Crippen LogP contribution in [0.2, 0.25) is 0 Å². The van der Waals surface area contributed by atoms with Crippen molar-refractivity contribution in [2.24, 2.45) is 0 Å². The molecule has 0 aliphatic carbocycles. The van der Waals surface area contributed by atoms with Crippen molar-refractivity contribution in [3.63, 3.8) is 0 Å². The van der Waals surface area contributed by atoms with Crippen LogP contribution >= 0.6 is 11.8 Å². The lowest BCUT2D eigenvalue weighted by molar-refractivity contribution is -0.126. The number of carbonyl (C=O) groups is 1. The molecule has 2 rings (SSSR count). The molecular weight excluding hydrogens is 296 g/mol. The summed E-state index contributed by atoms with van der Waals surface area (Å²) >= 11 is 1.75. The van der Waals surface area contributed by atoms with Gasteiger partial charge in [-0.15, -0.1) is 0 Å². The summed E-state index contributed by atoms with van der Waals surface area (Å²) in [6.07, 6.45) is 2.50. The Bertz CT molecular complexity index is 455. The molecule has 0 spiro atoms. The van der Waals surface area contributed by atoms with E-state index in [1.54, 1.807) is 11.8 Å². The maximum absolute atomic E-state index is 12.0. The average molecular weight is 322 g/mol. The fourth-order valence-corrected chi connectivity index (χ4v) is 3.30. The van der Waals surface area contributed by atoms with E-state index in [1.807, 2.05) is 19.2 Å². The van der Waals surface area contributed by atoms with E-state index in [-0.39, 0.29) is 18.1 Å². The van der Waals surface area contributed by atoms with Crippen LogP contribution < -0.4 is 5.32 Å². The Morgan fingerprint density at radius 1 is 1.45 bits per heavy atom. The van der Waals surface area contributed by atoms with Crippen molar-refractivity contribution in [2.75, 3.05) is 31.7 Å². The van der Waals surface area contributed by atoms with Crippen molar-refractivity contribution in [3.8, 4) is 0 Å². The molecule has 0 saturated carbocycles. The van der Waals surface area contributed by atoms with Gasteiger partial charge in [0.2, 0.25) is 5.91 Å². The second-order valence-corrected chi connectivity index (χ2v) is 6.75. The van der Waals surface area contributed by atoms with E-state index < -0.39 is 0 Å². The van der Waals surface area contributed by atoms with Crippen LogP contribution in [0.3, 0.4) is 0 Å². The van der Waals surface area contributed by atoms with Gasteiger partial charge in [0.05, 0.1) is 19.1 Å². The fraction of sp³-hybridized carbons (Fsp3) is 0.588. The van der Waals surface area contributed by atoms with Gasteiger partial charge in [-0.1, -0.05) is 30.3 Å². The topological polar surface area (TPSA) is 41.6 Å². The van der Waals surface area contributed by atoms with Gasteiger partial charge in [0.1, 0.15) is 0 Å². The minimum Gasteiger partial charge on any atom is -0.375 e. The number of hydrogen-bond acceptors (Lipinski definition) is 4. The number of thioether (sulfide) groups is 1. The van der Waals surface area contributed by atoms with Gasteiger partial charge in [0.15, 0.2) is 0 Å². The number of rotatable bonds is 7. The van der Waals surface area contributed by atoms with E-state index in [4.69, 9.17) is 4.74 Å². The second-order valence-electron chi connectivity index (χ2n) is 5.84. The van der Waals surface area contributed by atoms with E-state index in [9.17, 15) is 4.79 Å². The largest absolute Gasteiger partial charge is 0.375 e. The highest BCUT2D eigenvalue weighted by Crippen LogP contribution is 2.12. The third-order valence-electron chi connectivity index (χ3n) is 3.71. The number of nitrogens with zero attached hydrogens (tertiary/aromatic N) is 1. The van der Waals surface area contributed by atoms with Gasteiger partial charge >= 0.3 is 0 Å². The number of benzene rings is 1. The number of nitrogens with one attached hydrogen (secondary N) is 1. The zero-order valence-corrected chi connectivity index (χ0v) is 14.3. The smallest absolute Gasteiger partial charge is 0.222 e. The Morgan fingerprint density at radius 3 is 2.95 bits per heavy atom. The molecule has 4 nitrogen and oxygen atoms in total. The van der Waals surface area contributed by atoms with Crippen LogP contribution in [0.25, 0.3) is 0 Å². The van der Waals surface area contributed by atoms with E-state index in [1.165, 1.54) is 5.56 Å². The highest BCUT2D eigenvalue weighted by molar-refractivity contribution is 7.98. The predicted octanol–water partition coefficient (Wildman–Crippen LogP) is 2.15. The molecule has 1 fully saturated rings. The Balaban J connectivity index is 1.77. The Hall–Kier alpha value is -1.04. The zero-order valence-electron chi connectivity index (χ0n) is 13.5. The number of hydrogen-bond donors (Lipinski definition) is 1. The van der Waals surface area contributed by atoms with E-state index in [0.717, 1.165) is 25.4 Å². The normalized spacial score (nSPS) is 20.5. The molecule has 2 atom stereocenters. The summed E-state index contributed by atoms with van der Waals surface area (Å²) in [7, 11) is 0. The minimum atomic E-state index is -0.000980. The molecule has 1 aromatic carbocycles. The standard InChI is InChI=1S/C17H26N2O2S/c1-14(13-22-2)18-17(20)10-16-12-19(8-9-21-16)11-15-6-4-3-5-7-15/h3-7,14,16H,8-13H2,1-2H3,(H,18,20)/t14-,16+/m0/s1. The molecule has 1 aromatic rings. The first kappa shape index (κ1) is 17.3. The quantitative estimate of drug-likeness (QED) is 0.835. The number of morpholine rings is 1. The van der Waals surface area contributed by atoms with Gasteiger partial charge in [-0.25, -0.2) is 0 Å². The molecule has 1 amide bonds. The number of ether oxygens (including phenoxy) is 1. The number of carbonyl (C=O) groups excluding carboxylic acids is 1. The lowest BCUT2D eigenvalue weighted by atomic mass is 10.1. The van der Waals surface area contributed by atoms with Gasteiger partial charge in [-0.3, -0.25) is 9.69 Å². The summed E-state index contributed by atoms with van der Waals surface area (Å²) in [5.41, 5.74) is 1.31. The van der Waals surface area contributed by atoms with Crippen LogP contribution in [0.1, 0.15) is 18.9 Å². The highest BCUT2D eigenvalue weighted by Gasteiger charge is 2.23. The van der Waals surface area contributed by atoms with Gasteiger partial charge < -0.3 is 10.1 Å². The third-order valence-corrected chi connectivity index (χ3v) is 4.54. The Kier molecular flexibility index (Phi) is 7.22. The maximum atomic E-state index is 12.0. The summed E-state index contributed by atoms with van der Waals surface area (Å²) in [6.45, 7) is 5.41. The summed E-state index contributed by atoms with van der Waals surface area (Å²) in [5, 5.41) is 3.03. The van der Waals surface area contributed by atoms with Crippen molar-refractivity contribution in [3.05, 3.63) is 35.9 Å². The monoisotopic (exact) mass is 322 g/mol. The SMILES string of the molecule is CSC[C@H](C)NC(=O)C[C@@H]1CN(Cc2ccccc2)CCO1. The number of amides is 1. The molecule has 1 saturated heterocycles. The van der Waals surface area contributed by atoms with Crippen LogP contribution in [0.15, 0.2) is 30.3 Å². The second kappa shape index (κ2) is 9.18. The van der Waals surface area contributed by atoms with E-state index >= 15 is 0 Å². The Morgan fingerprint density at radius 2 is 2.23 bits per heavy atom. The van der Waals surface area contributed by atoms with E-state index in [2.05, 4.69) is 34.5 Å². The first-order valence-electron chi connectivity index (χ1n) is 7.83. The van der Waals surface area contributed by atoms with E-state index in [0.29, 0.717) is 13.0 Å². The first-order chi connectivity index (χ1) is 10.7. The molecule has 1 heterocycles. The van der Waals surface area contributed by atoms with Crippen molar-refractivity contribution in [1.82, 2.24) is 10.2 Å². The van der Waals surface area contributed by atoms with Crippen molar-refractivity contribution >= 4 is 17.7 Å². The highest BCUT2D eigenvalue weighted by atomic mass is 32.2. The lowest BCUT2D eigenvalue weighted by Crippen LogP contribution is -2.45. The Labute approximate surface area is 137 Å². The van der Waals surface area contributed by atoms with Crippen LogP contribution in [0.5, 0.6) is 0 Å².